The first-order valence-electron chi connectivity index (χ1n) is 11.6. The largest absolute Gasteiger partial charge is 0.508 e. The lowest BCUT2D eigenvalue weighted by molar-refractivity contribution is -0.141. The third kappa shape index (κ3) is 6.01. The highest BCUT2D eigenvalue weighted by Crippen LogP contribution is 2.28. The average Bonchev–Trinajstić information content (AvgIpc) is 3.34. The Morgan fingerprint density at radius 3 is 2.50 bits per heavy atom. The lowest BCUT2D eigenvalue weighted by Crippen LogP contribution is -2.42. The Morgan fingerprint density at radius 1 is 1.11 bits per heavy atom. The Kier molecular flexibility index (Phi) is 7.53. The fourth-order valence-electron chi connectivity index (χ4n) is 4.10. The third-order valence-corrected chi connectivity index (χ3v) is 6.09. The van der Waals surface area contributed by atoms with Gasteiger partial charge in [-0.3, -0.25) is 14.4 Å². The van der Waals surface area contributed by atoms with Gasteiger partial charge in [0.25, 0.3) is 5.91 Å². The van der Waals surface area contributed by atoms with E-state index >= 15 is 0 Å². The van der Waals surface area contributed by atoms with Gasteiger partial charge in [-0.25, -0.2) is 4.98 Å². The molecule has 2 heterocycles. The number of piperidine rings is 1. The molecular weight excluding hydrogens is 464 g/mol. The number of benzene rings is 2. The minimum atomic E-state index is -0.623. The number of hydrogen-bond donors (Lipinski definition) is 2. The number of esters is 1. The molecule has 1 aromatic heterocycles. The van der Waals surface area contributed by atoms with Crippen LogP contribution < -0.4 is 10.5 Å². The number of methoxy groups -OCH3 is 1. The van der Waals surface area contributed by atoms with E-state index in [1.54, 1.807) is 58.1 Å². The van der Waals surface area contributed by atoms with E-state index in [0.29, 0.717) is 42.9 Å². The average molecular weight is 493 g/mol. The van der Waals surface area contributed by atoms with Crippen LogP contribution in [-0.4, -0.2) is 63.6 Å². The van der Waals surface area contributed by atoms with Crippen LogP contribution in [0.1, 0.15) is 28.8 Å². The second-order valence-electron chi connectivity index (χ2n) is 8.62. The second kappa shape index (κ2) is 10.9. The van der Waals surface area contributed by atoms with Crippen LogP contribution in [0.5, 0.6) is 11.5 Å². The van der Waals surface area contributed by atoms with Gasteiger partial charge in [0.15, 0.2) is 0 Å². The van der Waals surface area contributed by atoms with Crippen LogP contribution in [-0.2, 0) is 27.3 Å². The minimum absolute atomic E-state index is 0.0213. The number of nitrogens with zero attached hydrogens (tertiary/aromatic N) is 3. The summed E-state index contributed by atoms with van der Waals surface area (Å²) >= 11 is 0. The summed E-state index contributed by atoms with van der Waals surface area (Å²) < 4.78 is 12.4. The van der Waals surface area contributed by atoms with Gasteiger partial charge in [-0.2, -0.15) is 0 Å². The molecule has 1 fully saturated rings. The molecule has 0 atom stereocenters. The molecule has 1 aliphatic heterocycles. The number of primary amides is 1. The summed E-state index contributed by atoms with van der Waals surface area (Å²) in [4.78, 5) is 42.4. The maximum absolute atomic E-state index is 12.6. The normalized spacial score (nSPS) is 13.9. The van der Waals surface area contributed by atoms with E-state index in [0.717, 1.165) is 5.56 Å². The van der Waals surface area contributed by atoms with E-state index in [2.05, 4.69) is 9.72 Å². The molecule has 4 rings (SSSR count). The van der Waals surface area contributed by atoms with Gasteiger partial charge in [0.05, 0.1) is 31.1 Å². The van der Waals surface area contributed by atoms with Crippen LogP contribution in [0.3, 0.4) is 0 Å². The lowest BCUT2D eigenvalue weighted by atomic mass is 10.0. The summed E-state index contributed by atoms with van der Waals surface area (Å²) in [5, 5.41) is 9.40. The predicted molar refractivity (Wildman–Crippen MR) is 130 cm³/mol. The Morgan fingerprint density at radius 2 is 1.83 bits per heavy atom. The Hall–Kier alpha value is -4.34. The summed E-state index contributed by atoms with van der Waals surface area (Å²) in [6.45, 7) is 1.12. The molecule has 0 radical (unpaired) electrons. The van der Waals surface area contributed by atoms with Crippen molar-refractivity contribution in [1.82, 2.24) is 14.5 Å². The second-order valence-corrected chi connectivity index (χ2v) is 8.62. The highest BCUT2D eigenvalue weighted by Gasteiger charge is 2.25. The van der Waals surface area contributed by atoms with Crippen molar-refractivity contribution in [3.05, 3.63) is 66.1 Å². The van der Waals surface area contributed by atoms with Gasteiger partial charge in [-0.1, -0.05) is 12.1 Å². The van der Waals surface area contributed by atoms with E-state index in [4.69, 9.17) is 10.5 Å². The number of nitrogens with two attached hydrogens (primary N) is 1. The number of amides is 2. The number of hydrogen-bond acceptors (Lipinski definition) is 7. The van der Waals surface area contributed by atoms with E-state index in [1.165, 1.54) is 13.4 Å². The van der Waals surface area contributed by atoms with Gasteiger partial charge in [-0.05, 0) is 35.9 Å². The SMILES string of the molecule is COC(=O)Cn1cnc(-c2ccc(OC3CCN(C(=O)Cc4ccc(O)cc4)CC3)c(C(N)=O)c2)c1. The van der Waals surface area contributed by atoms with Crippen LogP contribution in [0.2, 0.25) is 0 Å². The predicted octanol–water partition coefficient (Wildman–Crippen LogP) is 2.14. The highest BCUT2D eigenvalue weighted by molar-refractivity contribution is 5.97. The molecule has 1 saturated heterocycles. The van der Waals surface area contributed by atoms with Crippen molar-refractivity contribution in [2.45, 2.75) is 31.9 Å². The van der Waals surface area contributed by atoms with Crippen LogP contribution in [0.4, 0.5) is 0 Å². The van der Waals surface area contributed by atoms with Crippen molar-refractivity contribution in [1.29, 1.82) is 0 Å². The first kappa shape index (κ1) is 24.8. The Balaban J connectivity index is 1.37. The van der Waals surface area contributed by atoms with Gasteiger partial charge < -0.3 is 29.8 Å². The Labute approximate surface area is 208 Å². The number of aromatic nitrogens is 2. The molecular formula is C26H28N4O6. The first-order valence-corrected chi connectivity index (χ1v) is 11.6. The summed E-state index contributed by atoms with van der Waals surface area (Å²) in [6.07, 6.45) is 4.55. The summed E-state index contributed by atoms with van der Waals surface area (Å²) in [6, 6.07) is 11.7. The zero-order valence-electron chi connectivity index (χ0n) is 19.9. The molecule has 0 aliphatic carbocycles. The zero-order valence-corrected chi connectivity index (χ0v) is 19.9. The fourth-order valence-corrected chi connectivity index (χ4v) is 4.10. The van der Waals surface area contributed by atoms with E-state index in [1.807, 2.05) is 0 Å². The monoisotopic (exact) mass is 492 g/mol. The topological polar surface area (TPSA) is 137 Å². The van der Waals surface area contributed by atoms with Crippen LogP contribution in [0, 0.1) is 0 Å². The number of phenolic OH excluding ortho intramolecular Hbond substituents is 1. The smallest absolute Gasteiger partial charge is 0.325 e. The van der Waals surface area contributed by atoms with Crippen molar-refractivity contribution in [3.8, 4) is 22.8 Å². The first-order chi connectivity index (χ1) is 17.3. The molecule has 3 N–H and O–H groups in total. The number of imidazole rings is 1. The van der Waals surface area contributed by atoms with Gasteiger partial charge in [0, 0.05) is 37.7 Å². The van der Waals surface area contributed by atoms with E-state index in [-0.39, 0.29) is 36.3 Å². The van der Waals surface area contributed by atoms with Gasteiger partial charge in [0.1, 0.15) is 24.1 Å². The molecule has 3 aromatic rings. The minimum Gasteiger partial charge on any atom is -0.508 e. The molecule has 36 heavy (non-hydrogen) atoms. The van der Waals surface area contributed by atoms with Gasteiger partial charge in [-0.15, -0.1) is 0 Å². The van der Waals surface area contributed by atoms with E-state index in [9.17, 15) is 19.5 Å². The van der Waals surface area contributed by atoms with Crippen molar-refractivity contribution < 1.29 is 29.0 Å². The molecule has 0 bridgehead atoms. The van der Waals surface area contributed by atoms with Crippen LogP contribution in [0.25, 0.3) is 11.3 Å². The standard InChI is InChI=1S/C26H28N4O6/c1-35-25(33)15-29-14-22(28-16-29)18-4-7-23(21(13-18)26(27)34)36-20-8-10-30(11-9-20)24(32)12-17-2-5-19(31)6-3-17/h2-7,13-14,16,20,31H,8-12,15H2,1H3,(H2,27,34). The maximum Gasteiger partial charge on any atom is 0.325 e. The molecule has 10 heteroatoms. The molecule has 2 aromatic carbocycles. The van der Waals surface area contributed by atoms with Crippen molar-refractivity contribution in [2.75, 3.05) is 20.2 Å². The number of rotatable bonds is 8. The number of carbonyl (C=O) groups excluding carboxylic acids is 3. The van der Waals surface area contributed by atoms with Crippen molar-refractivity contribution in [3.63, 3.8) is 0 Å². The molecule has 0 spiro atoms. The zero-order chi connectivity index (χ0) is 25.7. The highest BCUT2D eigenvalue weighted by atomic mass is 16.5. The van der Waals surface area contributed by atoms with Gasteiger partial charge in [0.2, 0.25) is 5.91 Å². The summed E-state index contributed by atoms with van der Waals surface area (Å²) in [7, 11) is 1.32. The molecule has 1 aliphatic rings. The van der Waals surface area contributed by atoms with Crippen molar-refractivity contribution in [2.24, 2.45) is 5.73 Å². The van der Waals surface area contributed by atoms with E-state index < -0.39 is 11.9 Å². The number of phenols is 1. The Bertz CT molecular complexity index is 1250. The molecule has 188 valence electrons. The molecule has 0 saturated carbocycles. The quantitative estimate of drug-likeness (QED) is 0.460. The third-order valence-electron chi connectivity index (χ3n) is 6.09. The van der Waals surface area contributed by atoms with Crippen LogP contribution >= 0.6 is 0 Å². The fraction of sp³-hybridized carbons (Fsp3) is 0.308. The maximum atomic E-state index is 12.6. The number of likely N-dealkylation sites (tertiary alicyclic amines) is 1. The molecule has 10 nitrogen and oxygen atoms in total. The molecule has 2 amide bonds. The summed E-state index contributed by atoms with van der Waals surface area (Å²) in [5.41, 5.74) is 7.95. The van der Waals surface area contributed by atoms with Crippen molar-refractivity contribution >= 4 is 17.8 Å². The summed E-state index contributed by atoms with van der Waals surface area (Å²) in [5.74, 6) is -0.446. The number of ether oxygens (including phenoxy) is 2. The lowest BCUT2D eigenvalue weighted by Gasteiger charge is -2.32. The number of carbonyl (C=O) groups is 3. The van der Waals surface area contributed by atoms with Gasteiger partial charge >= 0.3 is 5.97 Å². The molecule has 0 unspecified atom stereocenters. The van der Waals surface area contributed by atoms with Crippen LogP contribution in [0.15, 0.2) is 55.0 Å². The number of aromatic hydroxyl groups is 1.